The van der Waals surface area contributed by atoms with Crippen molar-refractivity contribution < 1.29 is 9.53 Å². The number of rotatable bonds is 6. The van der Waals surface area contributed by atoms with Crippen molar-refractivity contribution in [3.05, 3.63) is 90.4 Å². The number of methoxy groups -OCH3 is 1. The third-order valence-corrected chi connectivity index (χ3v) is 4.71. The molecule has 2 heterocycles. The third-order valence-electron chi connectivity index (χ3n) is 4.71. The second-order valence-corrected chi connectivity index (χ2v) is 6.28. The Bertz CT molecular complexity index is 1080. The molecule has 0 aliphatic carbocycles. The van der Waals surface area contributed by atoms with E-state index in [1.807, 2.05) is 66.9 Å². The minimum atomic E-state index is -1.07. The molecule has 134 valence electrons. The minimum absolute atomic E-state index is 0.617. The summed E-state index contributed by atoms with van der Waals surface area (Å²) in [6.45, 7) is 0. The van der Waals surface area contributed by atoms with E-state index in [4.69, 9.17) is 4.74 Å². The molecule has 27 heavy (non-hydrogen) atoms. The van der Waals surface area contributed by atoms with Gasteiger partial charge in [0.25, 0.3) is 0 Å². The van der Waals surface area contributed by atoms with Crippen molar-refractivity contribution in [2.24, 2.45) is 0 Å². The maximum Gasteiger partial charge on any atom is 0.154 e. The molecule has 0 bridgehead atoms. The van der Waals surface area contributed by atoms with Crippen LogP contribution in [0.4, 0.5) is 5.69 Å². The van der Waals surface area contributed by atoms with Crippen LogP contribution in [0.3, 0.4) is 0 Å². The summed E-state index contributed by atoms with van der Waals surface area (Å²) in [4.78, 5) is 20.1. The number of carbonyl (C=O) groups is 1. The summed E-state index contributed by atoms with van der Waals surface area (Å²) >= 11 is 0. The molecule has 2 aromatic carbocycles. The van der Waals surface area contributed by atoms with E-state index in [9.17, 15) is 4.79 Å². The van der Waals surface area contributed by atoms with Crippen LogP contribution in [-0.2, 0) is 10.3 Å². The normalized spacial score (nSPS) is 13.1. The Morgan fingerprint density at radius 1 is 1.07 bits per heavy atom. The number of benzene rings is 2. The van der Waals surface area contributed by atoms with Crippen molar-refractivity contribution in [1.29, 1.82) is 0 Å². The van der Waals surface area contributed by atoms with Crippen molar-refractivity contribution in [1.82, 2.24) is 9.97 Å². The monoisotopic (exact) mass is 357 g/mol. The van der Waals surface area contributed by atoms with Crippen molar-refractivity contribution in [3.8, 4) is 5.75 Å². The summed E-state index contributed by atoms with van der Waals surface area (Å²) in [5.41, 5.74) is 2.28. The summed E-state index contributed by atoms with van der Waals surface area (Å²) < 4.78 is 5.27. The van der Waals surface area contributed by atoms with Gasteiger partial charge in [-0.3, -0.25) is 9.78 Å². The molecule has 1 atom stereocenters. The quantitative estimate of drug-likeness (QED) is 0.509. The molecule has 0 saturated carbocycles. The molecule has 4 rings (SSSR count). The number of carbonyl (C=O) groups excluding carboxylic acids is 1. The molecule has 0 radical (unpaired) electrons. The van der Waals surface area contributed by atoms with Gasteiger partial charge in [-0.1, -0.05) is 48.5 Å². The Balaban J connectivity index is 1.93. The Labute approximate surface area is 157 Å². The van der Waals surface area contributed by atoms with Crippen LogP contribution in [0.25, 0.3) is 10.9 Å². The van der Waals surface area contributed by atoms with Crippen molar-refractivity contribution in [3.63, 3.8) is 0 Å². The van der Waals surface area contributed by atoms with Crippen LogP contribution < -0.4 is 10.1 Å². The highest BCUT2D eigenvalue weighted by Crippen LogP contribution is 2.36. The van der Waals surface area contributed by atoms with E-state index in [1.165, 1.54) is 0 Å². The van der Waals surface area contributed by atoms with Gasteiger partial charge in [-0.25, -0.2) is 0 Å². The zero-order valence-corrected chi connectivity index (χ0v) is 14.8. The Kier molecular flexibility index (Phi) is 4.34. The fraction of sp³-hybridized carbons (Fsp3) is 0.0909. The first-order chi connectivity index (χ1) is 13.3. The molecule has 0 amide bonds. The predicted molar refractivity (Wildman–Crippen MR) is 106 cm³/mol. The van der Waals surface area contributed by atoms with E-state index < -0.39 is 5.54 Å². The van der Waals surface area contributed by atoms with Crippen LogP contribution in [0, 0.1) is 0 Å². The van der Waals surface area contributed by atoms with E-state index in [2.05, 4.69) is 15.3 Å². The van der Waals surface area contributed by atoms with Crippen molar-refractivity contribution in [2.75, 3.05) is 12.4 Å². The summed E-state index contributed by atoms with van der Waals surface area (Å²) in [6.07, 6.45) is 6.13. The van der Waals surface area contributed by atoms with Gasteiger partial charge in [-0.15, -0.1) is 0 Å². The summed E-state index contributed by atoms with van der Waals surface area (Å²) in [7, 11) is 1.59. The number of hydrogen-bond acceptors (Lipinski definition) is 4. The first-order valence-electron chi connectivity index (χ1n) is 8.62. The lowest BCUT2D eigenvalue weighted by molar-refractivity contribution is -0.110. The van der Waals surface area contributed by atoms with E-state index >= 15 is 0 Å². The predicted octanol–water partition coefficient (Wildman–Crippen LogP) is 4.13. The Hall–Kier alpha value is -3.60. The molecular weight excluding hydrogens is 338 g/mol. The van der Waals surface area contributed by atoms with Crippen molar-refractivity contribution in [2.45, 2.75) is 5.54 Å². The van der Waals surface area contributed by atoms with Gasteiger partial charge in [0, 0.05) is 28.7 Å². The Morgan fingerprint density at radius 2 is 1.85 bits per heavy atom. The van der Waals surface area contributed by atoms with Crippen LogP contribution in [0.15, 0.2) is 79.3 Å². The average molecular weight is 357 g/mol. The number of nitrogens with zero attached hydrogens (tertiary/aromatic N) is 1. The maximum absolute atomic E-state index is 12.6. The number of anilines is 1. The molecule has 0 aliphatic rings. The second-order valence-electron chi connectivity index (χ2n) is 6.28. The molecule has 5 nitrogen and oxygen atoms in total. The van der Waals surface area contributed by atoms with Crippen LogP contribution >= 0.6 is 0 Å². The van der Waals surface area contributed by atoms with Gasteiger partial charge in [0.05, 0.1) is 25.2 Å². The largest absolute Gasteiger partial charge is 0.495 e. The van der Waals surface area contributed by atoms with E-state index in [1.54, 1.807) is 19.5 Å². The number of aromatic nitrogens is 2. The van der Waals surface area contributed by atoms with Crippen LogP contribution in [-0.4, -0.2) is 23.4 Å². The minimum Gasteiger partial charge on any atom is -0.495 e. The molecule has 2 aromatic heterocycles. The molecule has 0 fully saturated rings. The van der Waals surface area contributed by atoms with Crippen LogP contribution in [0.5, 0.6) is 5.75 Å². The number of pyridine rings is 1. The fourth-order valence-corrected chi connectivity index (χ4v) is 3.38. The van der Waals surface area contributed by atoms with Gasteiger partial charge in [0.2, 0.25) is 0 Å². The number of nitrogens with one attached hydrogen (secondary N) is 2. The highest BCUT2D eigenvalue weighted by atomic mass is 16.5. The van der Waals surface area contributed by atoms with E-state index in [0.717, 1.165) is 28.3 Å². The Morgan fingerprint density at radius 3 is 2.63 bits per heavy atom. The van der Waals surface area contributed by atoms with Crippen LogP contribution in [0.2, 0.25) is 0 Å². The van der Waals surface area contributed by atoms with Gasteiger partial charge in [0.1, 0.15) is 11.3 Å². The summed E-state index contributed by atoms with van der Waals surface area (Å²) in [5.74, 6) is 0.617. The molecule has 0 spiro atoms. The van der Waals surface area contributed by atoms with Gasteiger partial charge >= 0.3 is 0 Å². The number of H-pyrrole nitrogens is 1. The van der Waals surface area contributed by atoms with Gasteiger partial charge in [0.15, 0.2) is 6.29 Å². The summed E-state index contributed by atoms with van der Waals surface area (Å²) in [6, 6.07) is 19.4. The number of aldehydes is 1. The molecule has 2 N–H and O–H groups in total. The number of aromatic amines is 1. The third kappa shape index (κ3) is 2.93. The topological polar surface area (TPSA) is 67.0 Å². The molecular formula is C22H19N3O2. The SMILES string of the molecule is COc1cncc(NC(C=O)(c2ccccc2)c2c[nH]c3ccccc23)c1. The molecule has 4 aromatic rings. The standard InChI is InChI=1S/C22H19N3O2/c1-27-18-11-17(12-23-13-18)25-22(15-26,16-7-3-2-4-8-16)20-14-24-21-10-6-5-9-19(20)21/h2-15,24-25H,1H3. The number of fused-ring (bicyclic) bond motifs is 1. The summed E-state index contributed by atoms with van der Waals surface area (Å²) in [5, 5.41) is 4.38. The lowest BCUT2D eigenvalue weighted by atomic mass is 9.83. The molecule has 0 aliphatic heterocycles. The number of ether oxygens (including phenoxy) is 1. The average Bonchev–Trinajstić information content (AvgIpc) is 3.17. The second kappa shape index (κ2) is 6.96. The first-order valence-corrected chi connectivity index (χ1v) is 8.62. The highest BCUT2D eigenvalue weighted by Gasteiger charge is 2.36. The van der Waals surface area contributed by atoms with E-state index in [0.29, 0.717) is 11.4 Å². The lowest BCUT2D eigenvalue weighted by Gasteiger charge is -2.31. The van der Waals surface area contributed by atoms with Gasteiger partial charge in [-0.2, -0.15) is 0 Å². The van der Waals surface area contributed by atoms with Crippen LogP contribution in [0.1, 0.15) is 11.1 Å². The zero-order chi connectivity index (χ0) is 18.7. The maximum atomic E-state index is 12.6. The fourth-order valence-electron chi connectivity index (χ4n) is 3.38. The van der Waals surface area contributed by atoms with Gasteiger partial charge in [-0.05, 0) is 11.6 Å². The smallest absolute Gasteiger partial charge is 0.154 e. The number of hydrogen-bond donors (Lipinski definition) is 2. The first kappa shape index (κ1) is 16.8. The van der Waals surface area contributed by atoms with Crippen molar-refractivity contribution >= 4 is 22.9 Å². The molecule has 1 unspecified atom stereocenters. The number of para-hydroxylation sites is 1. The van der Waals surface area contributed by atoms with Gasteiger partial charge < -0.3 is 15.0 Å². The molecule has 5 heteroatoms. The molecule has 0 saturated heterocycles. The lowest BCUT2D eigenvalue weighted by Crippen LogP contribution is -2.38. The van der Waals surface area contributed by atoms with E-state index in [-0.39, 0.29) is 0 Å². The highest BCUT2D eigenvalue weighted by molar-refractivity contribution is 5.92. The zero-order valence-electron chi connectivity index (χ0n) is 14.8.